The van der Waals surface area contributed by atoms with Gasteiger partial charge in [-0.1, -0.05) is 0 Å². The monoisotopic (exact) mass is 161 g/mol. The van der Waals surface area contributed by atoms with E-state index in [1.54, 1.807) is 0 Å². The lowest BCUT2D eigenvalue weighted by atomic mass is 9.87. The van der Waals surface area contributed by atoms with E-state index in [9.17, 15) is 4.39 Å². The number of hydrogen-bond acceptors (Lipinski definition) is 2. The van der Waals surface area contributed by atoms with E-state index in [0.29, 0.717) is 6.42 Å². The number of alkyl halides is 1. The molecule has 0 spiro atoms. The van der Waals surface area contributed by atoms with E-state index in [1.807, 2.05) is 0 Å². The molecule has 0 aliphatic carbocycles. The third-order valence-corrected chi connectivity index (χ3v) is 2.30. The van der Waals surface area contributed by atoms with Crippen molar-refractivity contribution in [2.75, 3.05) is 19.9 Å². The van der Waals surface area contributed by atoms with E-state index in [0.717, 1.165) is 32.5 Å². The lowest BCUT2D eigenvalue weighted by molar-refractivity contribution is 0.0489. The summed E-state index contributed by atoms with van der Waals surface area (Å²) < 4.78 is 17.0. The van der Waals surface area contributed by atoms with Crippen LogP contribution >= 0.6 is 0 Å². The van der Waals surface area contributed by atoms with E-state index in [1.165, 1.54) is 0 Å². The fourth-order valence-electron chi connectivity index (χ4n) is 1.45. The Hall–Kier alpha value is -0.150. The van der Waals surface area contributed by atoms with E-state index in [2.05, 4.69) is 0 Å². The molecular weight excluding hydrogens is 145 g/mol. The molecule has 1 rings (SSSR count). The van der Waals surface area contributed by atoms with E-state index < -0.39 is 0 Å². The highest BCUT2D eigenvalue weighted by molar-refractivity contribution is 4.85. The van der Waals surface area contributed by atoms with Gasteiger partial charge >= 0.3 is 0 Å². The summed E-state index contributed by atoms with van der Waals surface area (Å²) in [7, 11) is 0. The van der Waals surface area contributed by atoms with E-state index in [4.69, 9.17) is 10.5 Å². The first-order valence-corrected chi connectivity index (χ1v) is 4.19. The summed E-state index contributed by atoms with van der Waals surface area (Å²) in [4.78, 5) is 0. The second-order valence-electron chi connectivity index (χ2n) is 3.27. The number of nitrogens with two attached hydrogens (primary N) is 1. The van der Waals surface area contributed by atoms with Gasteiger partial charge in [-0.15, -0.1) is 0 Å². The van der Waals surface area contributed by atoms with Crippen LogP contribution in [0.5, 0.6) is 0 Å². The molecule has 0 amide bonds. The van der Waals surface area contributed by atoms with Crippen LogP contribution in [-0.4, -0.2) is 25.4 Å². The van der Waals surface area contributed by atoms with Crippen molar-refractivity contribution in [3.05, 3.63) is 0 Å². The van der Waals surface area contributed by atoms with Crippen LogP contribution < -0.4 is 5.73 Å². The van der Waals surface area contributed by atoms with E-state index in [-0.39, 0.29) is 12.2 Å². The average molecular weight is 161 g/mol. The highest BCUT2D eigenvalue weighted by Gasteiger charge is 2.26. The van der Waals surface area contributed by atoms with Gasteiger partial charge in [0.15, 0.2) is 0 Å². The lowest BCUT2D eigenvalue weighted by Gasteiger charge is -2.33. The molecular formula is C8H16FNO. The Morgan fingerprint density at radius 2 is 2.00 bits per heavy atom. The predicted molar refractivity (Wildman–Crippen MR) is 42.2 cm³/mol. The summed E-state index contributed by atoms with van der Waals surface area (Å²) in [5.74, 6) is 0. The molecule has 1 saturated heterocycles. The smallest absolute Gasteiger partial charge is 0.0895 e. The van der Waals surface area contributed by atoms with Crippen LogP contribution in [0.2, 0.25) is 0 Å². The zero-order valence-electron chi connectivity index (χ0n) is 6.81. The maximum absolute atomic E-state index is 11.8. The quantitative estimate of drug-likeness (QED) is 0.676. The zero-order valence-corrected chi connectivity index (χ0v) is 6.81. The number of ether oxygens (including phenoxy) is 1. The van der Waals surface area contributed by atoms with Crippen molar-refractivity contribution in [2.24, 2.45) is 5.73 Å². The van der Waals surface area contributed by atoms with Crippen molar-refractivity contribution >= 4 is 0 Å². The number of halogens is 1. The second kappa shape index (κ2) is 4.02. The topological polar surface area (TPSA) is 35.2 Å². The van der Waals surface area contributed by atoms with Gasteiger partial charge in [-0.3, -0.25) is 4.39 Å². The molecule has 1 fully saturated rings. The maximum atomic E-state index is 11.8. The molecule has 0 saturated carbocycles. The van der Waals surface area contributed by atoms with Crippen molar-refractivity contribution in [3.8, 4) is 0 Å². The summed E-state index contributed by atoms with van der Waals surface area (Å²) in [6.45, 7) is 1.23. The van der Waals surface area contributed by atoms with E-state index >= 15 is 0 Å². The molecule has 2 N–H and O–H groups in total. The Morgan fingerprint density at radius 3 is 2.55 bits per heavy atom. The Bertz CT molecular complexity index is 113. The Balaban J connectivity index is 2.25. The number of hydrogen-bond donors (Lipinski definition) is 1. The average Bonchev–Trinajstić information content (AvgIpc) is 2.03. The molecule has 0 aromatic rings. The molecule has 2 nitrogen and oxygen atoms in total. The Labute approximate surface area is 66.9 Å². The van der Waals surface area contributed by atoms with Crippen molar-refractivity contribution in [2.45, 2.75) is 31.2 Å². The summed E-state index contributed by atoms with van der Waals surface area (Å²) in [5, 5.41) is 0. The molecule has 0 bridgehead atoms. The van der Waals surface area contributed by atoms with Gasteiger partial charge in [-0.05, 0) is 25.7 Å². The molecule has 1 heterocycles. The molecule has 1 aliphatic rings. The third-order valence-electron chi connectivity index (χ3n) is 2.30. The summed E-state index contributed by atoms with van der Waals surface area (Å²) in [5.41, 5.74) is 5.86. The molecule has 11 heavy (non-hydrogen) atoms. The standard InChI is InChI=1S/C8H16FNO/c9-5-1-2-8(10)3-6-11-7-4-8/h1-7,10H2. The minimum Gasteiger partial charge on any atom is -0.381 e. The second-order valence-corrected chi connectivity index (χ2v) is 3.27. The lowest BCUT2D eigenvalue weighted by Crippen LogP contribution is -2.44. The van der Waals surface area contributed by atoms with Gasteiger partial charge in [0.25, 0.3) is 0 Å². The summed E-state index contributed by atoms with van der Waals surface area (Å²) in [6.07, 6.45) is 3.16. The molecule has 66 valence electrons. The normalized spacial score (nSPS) is 23.5. The minimum atomic E-state index is -0.250. The van der Waals surface area contributed by atoms with Gasteiger partial charge in [0.2, 0.25) is 0 Å². The first kappa shape index (κ1) is 8.94. The molecule has 0 aromatic heterocycles. The van der Waals surface area contributed by atoms with Crippen LogP contribution in [0.4, 0.5) is 4.39 Å². The summed E-state index contributed by atoms with van der Waals surface area (Å²) >= 11 is 0. The molecule has 0 atom stereocenters. The molecule has 1 aliphatic heterocycles. The predicted octanol–water partition coefficient (Wildman–Crippen LogP) is 1.24. The zero-order chi connectivity index (χ0) is 8.16. The fraction of sp³-hybridized carbons (Fsp3) is 1.00. The number of rotatable bonds is 3. The molecule has 0 unspecified atom stereocenters. The van der Waals surface area contributed by atoms with Gasteiger partial charge in [0.05, 0.1) is 6.67 Å². The first-order chi connectivity index (χ1) is 5.27. The first-order valence-electron chi connectivity index (χ1n) is 4.19. The highest BCUT2D eigenvalue weighted by Crippen LogP contribution is 2.22. The third kappa shape index (κ3) is 2.75. The van der Waals surface area contributed by atoms with Crippen LogP contribution in [0.1, 0.15) is 25.7 Å². The maximum Gasteiger partial charge on any atom is 0.0895 e. The van der Waals surface area contributed by atoms with Crippen LogP contribution in [-0.2, 0) is 4.74 Å². The van der Waals surface area contributed by atoms with Crippen molar-refractivity contribution < 1.29 is 9.13 Å². The van der Waals surface area contributed by atoms with Gasteiger partial charge in [-0.25, -0.2) is 0 Å². The SMILES string of the molecule is NC1(CCCF)CCOCC1. The molecule has 0 radical (unpaired) electrons. The Morgan fingerprint density at radius 1 is 1.36 bits per heavy atom. The van der Waals surface area contributed by atoms with Crippen molar-refractivity contribution in [1.82, 2.24) is 0 Å². The van der Waals surface area contributed by atoms with Crippen LogP contribution in [0, 0.1) is 0 Å². The van der Waals surface area contributed by atoms with Crippen molar-refractivity contribution in [1.29, 1.82) is 0 Å². The van der Waals surface area contributed by atoms with Gasteiger partial charge < -0.3 is 10.5 Å². The van der Waals surface area contributed by atoms with Crippen molar-refractivity contribution in [3.63, 3.8) is 0 Å². The minimum absolute atomic E-state index is 0.135. The Kier molecular flexibility index (Phi) is 3.27. The van der Waals surface area contributed by atoms with Crippen LogP contribution in [0.15, 0.2) is 0 Å². The molecule has 0 aromatic carbocycles. The largest absolute Gasteiger partial charge is 0.381 e. The highest BCUT2D eigenvalue weighted by atomic mass is 19.1. The molecule has 3 heteroatoms. The fourth-order valence-corrected chi connectivity index (χ4v) is 1.45. The summed E-state index contributed by atoms with van der Waals surface area (Å²) in [6, 6.07) is 0. The van der Waals surface area contributed by atoms with Crippen LogP contribution in [0.25, 0.3) is 0 Å². The van der Waals surface area contributed by atoms with Gasteiger partial charge in [-0.2, -0.15) is 0 Å². The van der Waals surface area contributed by atoms with Crippen LogP contribution in [0.3, 0.4) is 0 Å². The van der Waals surface area contributed by atoms with Gasteiger partial charge in [0.1, 0.15) is 0 Å². The van der Waals surface area contributed by atoms with Gasteiger partial charge in [0, 0.05) is 18.8 Å².